The van der Waals surface area contributed by atoms with Crippen molar-refractivity contribution in [2.24, 2.45) is 17.7 Å². The predicted octanol–water partition coefficient (Wildman–Crippen LogP) is 2.77. The van der Waals surface area contributed by atoms with Crippen LogP contribution in [0.25, 0.3) is 0 Å². The zero-order valence-electron chi connectivity index (χ0n) is 11.8. The third-order valence-corrected chi connectivity index (χ3v) is 5.20. The van der Waals surface area contributed by atoms with Gasteiger partial charge in [-0.15, -0.1) is 0 Å². The molecule has 1 saturated carbocycles. The van der Waals surface area contributed by atoms with E-state index in [1.54, 1.807) is 0 Å². The molecule has 0 saturated heterocycles. The van der Waals surface area contributed by atoms with Gasteiger partial charge in [-0.05, 0) is 49.1 Å². The largest absolute Gasteiger partial charge is 0.271 e. The Hall–Kier alpha value is -0.930. The molecule has 0 aliphatic heterocycles. The molecule has 0 radical (unpaired) electrons. The summed E-state index contributed by atoms with van der Waals surface area (Å²) >= 11 is 0. The van der Waals surface area contributed by atoms with Crippen LogP contribution in [0.4, 0.5) is 0 Å². The summed E-state index contributed by atoms with van der Waals surface area (Å²) in [5, 5.41) is 0. The molecule has 2 aliphatic carbocycles. The zero-order valence-corrected chi connectivity index (χ0v) is 11.8. The Kier molecular flexibility index (Phi) is 3.85. The van der Waals surface area contributed by atoms with Crippen molar-refractivity contribution < 1.29 is 0 Å². The maximum Gasteiger partial charge on any atom is 0.0482 e. The number of hydrazine groups is 1. The third-order valence-electron chi connectivity index (χ3n) is 5.20. The van der Waals surface area contributed by atoms with E-state index in [1.165, 1.54) is 43.4 Å². The molecular formula is C16H25N3. The summed E-state index contributed by atoms with van der Waals surface area (Å²) < 4.78 is 0. The average Bonchev–Trinajstić information content (AvgIpc) is 2.86. The van der Waals surface area contributed by atoms with Gasteiger partial charge in [0.1, 0.15) is 0 Å². The van der Waals surface area contributed by atoms with Gasteiger partial charge in [0.2, 0.25) is 0 Å². The molecule has 2 aliphatic rings. The molecule has 0 aromatic carbocycles. The fraction of sp³-hybridized carbons (Fsp3) is 0.688. The number of fused-ring (bicyclic) bond motifs is 1. The van der Waals surface area contributed by atoms with Crippen LogP contribution in [0.1, 0.15) is 56.2 Å². The smallest absolute Gasteiger partial charge is 0.0482 e. The number of hydrogen-bond donors (Lipinski definition) is 2. The van der Waals surface area contributed by atoms with Crippen LogP contribution >= 0.6 is 0 Å². The molecule has 19 heavy (non-hydrogen) atoms. The van der Waals surface area contributed by atoms with Gasteiger partial charge in [-0.25, -0.2) is 0 Å². The topological polar surface area (TPSA) is 50.9 Å². The maximum atomic E-state index is 5.90. The maximum absolute atomic E-state index is 5.90. The lowest BCUT2D eigenvalue weighted by Gasteiger charge is -2.35. The van der Waals surface area contributed by atoms with E-state index in [1.807, 2.05) is 12.3 Å². The van der Waals surface area contributed by atoms with Gasteiger partial charge in [0.25, 0.3) is 0 Å². The van der Waals surface area contributed by atoms with Gasteiger partial charge in [0, 0.05) is 23.9 Å². The highest BCUT2D eigenvalue weighted by Crippen LogP contribution is 2.40. The SMILES string of the molecule is CC1CCC(C(NN)C2CCc3cccnc32)CC1. The van der Waals surface area contributed by atoms with Crippen LogP contribution in [0.2, 0.25) is 0 Å². The van der Waals surface area contributed by atoms with Crippen LogP contribution in [0.3, 0.4) is 0 Å². The molecule has 3 N–H and O–H groups in total. The predicted molar refractivity (Wildman–Crippen MR) is 77.5 cm³/mol. The molecule has 1 aromatic rings. The first-order valence-corrected chi connectivity index (χ1v) is 7.69. The second-order valence-corrected chi connectivity index (χ2v) is 6.41. The number of pyridine rings is 1. The Morgan fingerprint density at radius 1 is 1.26 bits per heavy atom. The third kappa shape index (κ3) is 2.54. The second-order valence-electron chi connectivity index (χ2n) is 6.41. The van der Waals surface area contributed by atoms with E-state index in [0.717, 1.165) is 18.3 Å². The normalized spacial score (nSPS) is 32.0. The van der Waals surface area contributed by atoms with Crippen molar-refractivity contribution in [1.29, 1.82) is 0 Å². The van der Waals surface area contributed by atoms with E-state index in [9.17, 15) is 0 Å². The first-order valence-electron chi connectivity index (χ1n) is 7.69. The van der Waals surface area contributed by atoms with Crippen LogP contribution in [0.15, 0.2) is 18.3 Å². The fourth-order valence-corrected chi connectivity index (χ4v) is 4.02. The summed E-state index contributed by atoms with van der Waals surface area (Å²) in [4.78, 5) is 4.62. The standard InChI is InChI=1S/C16H25N3/c1-11-4-6-13(7-5-11)16(19-17)14-9-8-12-3-2-10-18-15(12)14/h2-3,10-11,13-14,16,19H,4-9,17H2,1H3. The van der Waals surface area contributed by atoms with Crippen LogP contribution in [0.5, 0.6) is 0 Å². The minimum absolute atomic E-state index is 0.406. The van der Waals surface area contributed by atoms with Crippen LogP contribution < -0.4 is 11.3 Å². The van der Waals surface area contributed by atoms with Crippen LogP contribution in [-0.4, -0.2) is 11.0 Å². The Balaban J connectivity index is 1.76. The molecule has 104 valence electrons. The molecule has 0 amide bonds. The molecule has 2 atom stereocenters. The fourth-order valence-electron chi connectivity index (χ4n) is 4.02. The van der Waals surface area contributed by atoms with Crippen LogP contribution in [0, 0.1) is 11.8 Å². The van der Waals surface area contributed by atoms with Gasteiger partial charge in [-0.2, -0.15) is 0 Å². The first-order chi connectivity index (χ1) is 9.29. The summed E-state index contributed by atoms with van der Waals surface area (Å²) in [6.45, 7) is 2.37. The van der Waals surface area contributed by atoms with Gasteiger partial charge in [0.15, 0.2) is 0 Å². The Labute approximate surface area is 116 Å². The lowest BCUT2D eigenvalue weighted by molar-refractivity contribution is 0.207. The Morgan fingerprint density at radius 3 is 2.79 bits per heavy atom. The van der Waals surface area contributed by atoms with E-state index in [0.29, 0.717) is 12.0 Å². The van der Waals surface area contributed by atoms with Crippen molar-refractivity contribution in [1.82, 2.24) is 10.4 Å². The van der Waals surface area contributed by atoms with E-state index in [-0.39, 0.29) is 0 Å². The lowest BCUT2D eigenvalue weighted by Crippen LogP contribution is -2.45. The van der Waals surface area contributed by atoms with E-state index in [4.69, 9.17) is 5.84 Å². The summed E-state index contributed by atoms with van der Waals surface area (Å²) in [5.41, 5.74) is 5.85. The van der Waals surface area contributed by atoms with E-state index >= 15 is 0 Å². The summed E-state index contributed by atoms with van der Waals surface area (Å²) in [7, 11) is 0. The first kappa shape index (κ1) is 13.1. The Bertz CT molecular complexity index is 424. The molecule has 0 spiro atoms. The van der Waals surface area contributed by atoms with Crippen molar-refractivity contribution >= 4 is 0 Å². The molecule has 1 heterocycles. The van der Waals surface area contributed by atoms with Crippen molar-refractivity contribution in [2.45, 2.75) is 57.4 Å². The second kappa shape index (κ2) is 5.59. The number of rotatable bonds is 3. The van der Waals surface area contributed by atoms with E-state index in [2.05, 4.69) is 23.4 Å². The monoisotopic (exact) mass is 259 g/mol. The van der Waals surface area contributed by atoms with Crippen molar-refractivity contribution in [3.05, 3.63) is 29.6 Å². The van der Waals surface area contributed by atoms with Gasteiger partial charge >= 0.3 is 0 Å². The highest BCUT2D eigenvalue weighted by molar-refractivity contribution is 5.30. The van der Waals surface area contributed by atoms with Gasteiger partial charge < -0.3 is 0 Å². The molecule has 3 nitrogen and oxygen atoms in total. The summed E-state index contributed by atoms with van der Waals surface area (Å²) in [5.74, 6) is 8.02. The lowest BCUT2D eigenvalue weighted by atomic mass is 9.75. The number of aromatic nitrogens is 1. The van der Waals surface area contributed by atoms with Crippen molar-refractivity contribution in [2.75, 3.05) is 0 Å². The van der Waals surface area contributed by atoms with Gasteiger partial charge in [-0.1, -0.05) is 25.8 Å². The zero-order chi connectivity index (χ0) is 13.2. The van der Waals surface area contributed by atoms with E-state index < -0.39 is 0 Å². The molecule has 1 fully saturated rings. The van der Waals surface area contributed by atoms with Crippen LogP contribution in [-0.2, 0) is 6.42 Å². The number of hydrogen-bond acceptors (Lipinski definition) is 3. The molecule has 2 unspecified atom stereocenters. The minimum atomic E-state index is 0.406. The number of nitrogens with zero attached hydrogens (tertiary/aromatic N) is 1. The molecule has 0 bridgehead atoms. The highest BCUT2D eigenvalue weighted by Gasteiger charge is 2.36. The molecular weight excluding hydrogens is 234 g/mol. The average molecular weight is 259 g/mol. The minimum Gasteiger partial charge on any atom is -0.271 e. The number of nitrogens with two attached hydrogens (primary N) is 1. The quantitative estimate of drug-likeness (QED) is 0.648. The molecule has 3 rings (SSSR count). The summed E-state index contributed by atoms with van der Waals surface area (Å²) in [6, 6.07) is 4.68. The number of aryl methyl sites for hydroxylation is 1. The van der Waals surface area contributed by atoms with Gasteiger partial charge in [0.05, 0.1) is 0 Å². The van der Waals surface area contributed by atoms with Crippen molar-refractivity contribution in [3.63, 3.8) is 0 Å². The summed E-state index contributed by atoms with van der Waals surface area (Å²) in [6.07, 6.45) is 9.62. The highest BCUT2D eigenvalue weighted by atomic mass is 15.2. The Morgan fingerprint density at radius 2 is 2.05 bits per heavy atom. The number of nitrogens with one attached hydrogen (secondary N) is 1. The molecule has 1 aromatic heterocycles. The molecule has 3 heteroatoms. The van der Waals surface area contributed by atoms with Gasteiger partial charge in [-0.3, -0.25) is 16.3 Å². The van der Waals surface area contributed by atoms with Crippen molar-refractivity contribution in [3.8, 4) is 0 Å².